The molecule has 22 heavy (non-hydrogen) atoms. The van der Waals surface area contributed by atoms with Crippen LogP contribution in [0, 0.1) is 11.7 Å². The van der Waals surface area contributed by atoms with Crippen molar-refractivity contribution in [2.24, 2.45) is 5.92 Å². The molecule has 1 aliphatic heterocycles. The Kier molecular flexibility index (Phi) is 7.83. The Labute approximate surface area is 138 Å². The average Bonchev–Trinajstić information content (AvgIpc) is 2.52. The molecule has 0 aliphatic carbocycles. The highest BCUT2D eigenvalue weighted by Gasteiger charge is 2.26. The fourth-order valence-corrected chi connectivity index (χ4v) is 2.98. The van der Waals surface area contributed by atoms with Gasteiger partial charge in [-0.05, 0) is 63.4 Å². The van der Waals surface area contributed by atoms with Crippen molar-refractivity contribution in [1.29, 1.82) is 0 Å². The number of piperidine rings is 1. The molecule has 1 amide bonds. The minimum absolute atomic E-state index is 0. The van der Waals surface area contributed by atoms with Gasteiger partial charge in [-0.3, -0.25) is 4.79 Å². The zero-order chi connectivity index (χ0) is 15.2. The Hall–Kier alpha value is -1.13. The van der Waals surface area contributed by atoms with E-state index in [0.29, 0.717) is 5.92 Å². The lowest BCUT2D eigenvalue weighted by atomic mass is 9.92. The summed E-state index contributed by atoms with van der Waals surface area (Å²) >= 11 is 0. The molecule has 1 saturated heterocycles. The summed E-state index contributed by atoms with van der Waals surface area (Å²) in [5.74, 6) is 0.283. The number of rotatable bonds is 5. The molecule has 1 atom stereocenters. The van der Waals surface area contributed by atoms with Gasteiger partial charge in [0.15, 0.2) is 0 Å². The van der Waals surface area contributed by atoms with Crippen LogP contribution in [0.15, 0.2) is 24.3 Å². The highest BCUT2D eigenvalue weighted by atomic mass is 35.5. The number of likely N-dealkylation sites (tertiary alicyclic amines) is 1. The van der Waals surface area contributed by atoms with Crippen LogP contribution in [0.2, 0.25) is 0 Å². The van der Waals surface area contributed by atoms with Crippen molar-refractivity contribution in [1.82, 2.24) is 10.2 Å². The van der Waals surface area contributed by atoms with E-state index < -0.39 is 0 Å². The summed E-state index contributed by atoms with van der Waals surface area (Å²) in [4.78, 5) is 14.5. The summed E-state index contributed by atoms with van der Waals surface area (Å²) in [6.45, 7) is 4.56. The first-order valence-corrected chi connectivity index (χ1v) is 7.80. The second-order valence-corrected chi connectivity index (χ2v) is 5.94. The van der Waals surface area contributed by atoms with Crippen molar-refractivity contribution in [2.75, 3.05) is 26.7 Å². The maximum Gasteiger partial charge on any atom is 0.229 e. The molecule has 1 heterocycles. The summed E-state index contributed by atoms with van der Waals surface area (Å²) < 4.78 is 13.3. The van der Waals surface area contributed by atoms with E-state index in [2.05, 4.69) is 5.32 Å². The molecule has 0 aromatic heterocycles. The maximum atomic E-state index is 13.3. The molecule has 1 N–H and O–H groups in total. The molecule has 1 aromatic rings. The van der Waals surface area contributed by atoms with Gasteiger partial charge in [-0.15, -0.1) is 12.4 Å². The van der Waals surface area contributed by atoms with Gasteiger partial charge < -0.3 is 10.2 Å². The van der Waals surface area contributed by atoms with Crippen molar-refractivity contribution in [3.63, 3.8) is 0 Å². The average molecular weight is 329 g/mol. The van der Waals surface area contributed by atoms with Crippen LogP contribution in [-0.2, 0) is 4.79 Å². The lowest BCUT2D eigenvalue weighted by molar-refractivity contribution is -0.133. The molecule has 5 heteroatoms. The lowest BCUT2D eigenvalue weighted by Gasteiger charge is -2.33. The van der Waals surface area contributed by atoms with Gasteiger partial charge in [0.1, 0.15) is 5.82 Å². The van der Waals surface area contributed by atoms with Crippen molar-refractivity contribution in [3.05, 3.63) is 35.6 Å². The number of carbonyl (C=O) groups is 1. The Bertz CT molecular complexity index is 475. The van der Waals surface area contributed by atoms with E-state index in [1.807, 2.05) is 24.9 Å². The summed E-state index contributed by atoms with van der Waals surface area (Å²) in [6.07, 6.45) is 3.32. The van der Waals surface area contributed by atoms with Crippen LogP contribution in [0.3, 0.4) is 0 Å². The zero-order valence-corrected chi connectivity index (χ0v) is 14.2. The number of carbonyl (C=O) groups excluding carboxylic acids is 1. The van der Waals surface area contributed by atoms with Crippen molar-refractivity contribution >= 4 is 18.3 Å². The van der Waals surface area contributed by atoms with Crippen LogP contribution in [0.4, 0.5) is 4.39 Å². The molecule has 0 radical (unpaired) electrons. The number of halogens is 2. The molecular weight excluding hydrogens is 303 g/mol. The molecule has 124 valence electrons. The first-order chi connectivity index (χ1) is 10.1. The normalized spacial score (nSPS) is 17.0. The number of amides is 1. The zero-order valence-electron chi connectivity index (χ0n) is 13.3. The SMILES string of the molecule is CNCCC1CCN(C(=O)C(C)c2cccc(F)c2)CC1.Cl. The second-order valence-electron chi connectivity index (χ2n) is 5.94. The van der Waals surface area contributed by atoms with Crippen LogP contribution in [0.1, 0.15) is 37.7 Å². The van der Waals surface area contributed by atoms with Gasteiger partial charge in [-0.25, -0.2) is 4.39 Å². The molecule has 1 fully saturated rings. The van der Waals surface area contributed by atoms with Crippen molar-refractivity contribution < 1.29 is 9.18 Å². The van der Waals surface area contributed by atoms with E-state index >= 15 is 0 Å². The summed E-state index contributed by atoms with van der Waals surface area (Å²) in [6, 6.07) is 6.36. The molecule has 0 spiro atoms. The van der Waals surface area contributed by atoms with Crippen LogP contribution in [0.5, 0.6) is 0 Å². The van der Waals surface area contributed by atoms with Crippen LogP contribution < -0.4 is 5.32 Å². The highest BCUT2D eigenvalue weighted by Crippen LogP contribution is 2.24. The van der Waals surface area contributed by atoms with Crippen LogP contribution in [-0.4, -0.2) is 37.5 Å². The van der Waals surface area contributed by atoms with E-state index in [9.17, 15) is 9.18 Å². The first-order valence-electron chi connectivity index (χ1n) is 7.80. The monoisotopic (exact) mass is 328 g/mol. The number of hydrogen-bond donors (Lipinski definition) is 1. The predicted molar refractivity (Wildman–Crippen MR) is 89.9 cm³/mol. The number of hydrogen-bond acceptors (Lipinski definition) is 2. The summed E-state index contributed by atoms with van der Waals surface area (Å²) in [5.41, 5.74) is 0.761. The predicted octanol–water partition coefficient (Wildman–Crippen LogP) is 3.20. The molecule has 1 unspecified atom stereocenters. The summed E-state index contributed by atoms with van der Waals surface area (Å²) in [7, 11) is 1.97. The molecule has 1 aliphatic rings. The van der Waals surface area contributed by atoms with Crippen LogP contribution in [0.25, 0.3) is 0 Å². The molecule has 0 saturated carbocycles. The topological polar surface area (TPSA) is 32.3 Å². The van der Waals surface area contributed by atoms with Crippen LogP contribution >= 0.6 is 12.4 Å². The third-order valence-corrected chi connectivity index (χ3v) is 4.45. The van der Waals surface area contributed by atoms with Gasteiger partial charge in [0.05, 0.1) is 5.92 Å². The summed E-state index contributed by atoms with van der Waals surface area (Å²) in [5, 5.41) is 3.18. The molecule has 1 aromatic carbocycles. The lowest BCUT2D eigenvalue weighted by Crippen LogP contribution is -2.41. The van der Waals surface area contributed by atoms with Gasteiger partial charge >= 0.3 is 0 Å². The van der Waals surface area contributed by atoms with Gasteiger partial charge in [-0.2, -0.15) is 0 Å². The largest absolute Gasteiger partial charge is 0.342 e. The molecular formula is C17H26ClFN2O. The second kappa shape index (κ2) is 9.11. The highest BCUT2D eigenvalue weighted by molar-refractivity contribution is 5.85. The Morgan fingerprint density at radius 1 is 1.41 bits per heavy atom. The van der Waals surface area contributed by atoms with Crippen molar-refractivity contribution in [3.8, 4) is 0 Å². The van der Waals surface area contributed by atoms with Gasteiger partial charge in [0.25, 0.3) is 0 Å². The fraction of sp³-hybridized carbons (Fsp3) is 0.588. The fourth-order valence-electron chi connectivity index (χ4n) is 2.98. The van der Waals surface area contributed by atoms with E-state index in [1.54, 1.807) is 6.07 Å². The number of nitrogens with one attached hydrogen (secondary N) is 1. The maximum absolute atomic E-state index is 13.3. The van der Waals surface area contributed by atoms with E-state index in [1.165, 1.54) is 18.6 Å². The number of nitrogens with zero attached hydrogens (tertiary/aromatic N) is 1. The van der Waals surface area contributed by atoms with Gasteiger partial charge in [-0.1, -0.05) is 12.1 Å². The Morgan fingerprint density at radius 3 is 2.68 bits per heavy atom. The van der Waals surface area contributed by atoms with Gasteiger partial charge in [0.2, 0.25) is 5.91 Å². The molecule has 0 bridgehead atoms. The smallest absolute Gasteiger partial charge is 0.229 e. The van der Waals surface area contributed by atoms with E-state index in [4.69, 9.17) is 0 Å². The molecule has 3 nitrogen and oxygen atoms in total. The van der Waals surface area contributed by atoms with Gasteiger partial charge in [0, 0.05) is 13.1 Å². The third kappa shape index (κ3) is 4.96. The minimum Gasteiger partial charge on any atom is -0.342 e. The first kappa shape index (κ1) is 18.9. The number of benzene rings is 1. The standard InChI is InChI=1S/C17H25FN2O.ClH/c1-13(15-4-3-5-16(18)12-15)17(21)20-10-7-14(8-11-20)6-9-19-2;/h3-5,12-14,19H,6-11H2,1-2H3;1H. The van der Waals surface area contributed by atoms with E-state index in [-0.39, 0.29) is 30.0 Å². The minimum atomic E-state index is -0.280. The third-order valence-electron chi connectivity index (χ3n) is 4.45. The molecule has 2 rings (SSSR count). The Balaban J connectivity index is 0.00000242. The van der Waals surface area contributed by atoms with E-state index in [0.717, 1.165) is 38.0 Å². The van der Waals surface area contributed by atoms with Crippen molar-refractivity contribution in [2.45, 2.75) is 32.1 Å². The quantitative estimate of drug-likeness (QED) is 0.900. The Morgan fingerprint density at radius 2 is 2.09 bits per heavy atom.